The van der Waals surface area contributed by atoms with Gasteiger partial charge in [-0.25, -0.2) is 0 Å². The summed E-state index contributed by atoms with van der Waals surface area (Å²) in [6.07, 6.45) is 7.18. The number of hydrogen-bond donors (Lipinski definition) is 3. The van der Waals surface area contributed by atoms with Crippen molar-refractivity contribution < 1.29 is 66.5 Å². The highest BCUT2D eigenvalue weighted by Gasteiger charge is 2.33. The van der Waals surface area contributed by atoms with Crippen LogP contribution in [0.2, 0.25) is 0 Å². The Balaban J connectivity index is 0.000000146. The zero-order chi connectivity index (χ0) is 76.2. The van der Waals surface area contributed by atoms with Gasteiger partial charge in [0, 0.05) is 124 Å². The summed E-state index contributed by atoms with van der Waals surface area (Å²) in [7, 11) is 1.62. The average molecular weight is 1500 g/mol. The molecule has 3 N–H and O–H groups in total. The third-order valence-corrected chi connectivity index (χ3v) is 18.7. The number of likely N-dealkylation sites (N-methyl/N-ethyl adjacent to an activating group) is 1. The number of carbonyl (C=O) groups excluding carboxylic acids is 4. The second-order valence-corrected chi connectivity index (χ2v) is 27.1. The van der Waals surface area contributed by atoms with E-state index in [9.17, 15) is 19.2 Å². The molecule has 5 atom stereocenters. The van der Waals surface area contributed by atoms with Gasteiger partial charge in [0.1, 0.15) is 70.4 Å². The number of methoxy groups -OCH3 is 1. The van der Waals surface area contributed by atoms with E-state index >= 15 is 0 Å². The minimum absolute atomic E-state index is 0.0339. The number of carbonyl (C=O) groups is 4. The molecule has 0 bridgehead atoms. The van der Waals surface area contributed by atoms with Crippen molar-refractivity contribution in [2.45, 2.75) is 63.9 Å². The lowest BCUT2D eigenvalue weighted by Crippen LogP contribution is -2.53. The summed E-state index contributed by atoms with van der Waals surface area (Å²) in [6.45, 7) is 17.5. The molecule has 1 aromatic heterocycles. The van der Waals surface area contributed by atoms with Gasteiger partial charge in [0.2, 0.25) is 5.91 Å². The van der Waals surface area contributed by atoms with Crippen molar-refractivity contribution in [3.63, 3.8) is 0 Å². The molecule has 0 spiro atoms. The number of nitrogens with zero attached hydrogens (tertiary/aromatic N) is 6. The van der Waals surface area contributed by atoms with Crippen LogP contribution in [0.3, 0.4) is 0 Å². The SMILES string of the molecule is CCNC(=O)C1CN(Cc2cccc(Oc3ccccc3)c2)CCO1.COCCNC(=O)C1CN(CC2C=CC=C(Oc3ccccc3)C2)CCO1.O=C(C1CN(Cc2cccc(Oc3ccccc3)c2)CCO1)N1CCOCC1.O=C(NCc1ccccn1)C1CN(Cc2cccc(Oc3ccccc3)c2)CCO1. The molecule has 5 saturated heterocycles. The molecule has 580 valence electrons. The summed E-state index contributed by atoms with van der Waals surface area (Å²) in [6, 6.07) is 69.0. The predicted octanol–water partition coefficient (Wildman–Crippen LogP) is 10.7. The molecular weight excluding hydrogens is 1400 g/mol. The molecule has 23 nitrogen and oxygen atoms in total. The zero-order valence-electron chi connectivity index (χ0n) is 63.0. The number of hydrogen-bond acceptors (Lipinski definition) is 19. The first kappa shape index (κ1) is 80.9. The molecule has 5 fully saturated rings. The van der Waals surface area contributed by atoms with Gasteiger partial charge in [0.05, 0.1) is 58.5 Å². The summed E-state index contributed by atoms with van der Waals surface area (Å²) in [5.41, 5.74) is 4.28. The lowest BCUT2D eigenvalue weighted by atomic mass is 9.98. The van der Waals surface area contributed by atoms with Gasteiger partial charge in [-0.1, -0.05) is 127 Å². The van der Waals surface area contributed by atoms with E-state index in [0.717, 1.165) is 127 Å². The normalized spacial score (nSPS) is 19.5. The quantitative estimate of drug-likeness (QED) is 0.0428. The Morgan fingerprint density at radius 3 is 1.33 bits per heavy atom. The van der Waals surface area contributed by atoms with Crippen LogP contribution in [-0.4, -0.2) is 216 Å². The van der Waals surface area contributed by atoms with Gasteiger partial charge in [-0.2, -0.15) is 0 Å². The van der Waals surface area contributed by atoms with Crippen LogP contribution in [0.25, 0.3) is 0 Å². The van der Waals surface area contributed by atoms with Crippen molar-refractivity contribution in [1.29, 1.82) is 0 Å². The first-order valence-corrected chi connectivity index (χ1v) is 38.0. The maximum Gasteiger partial charge on any atom is 0.253 e. The van der Waals surface area contributed by atoms with E-state index in [4.69, 9.17) is 47.4 Å². The van der Waals surface area contributed by atoms with Crippen molar-refractivity contribution >= 4 is 23.6 Å². The van der Waals surface area contributed by atoms with Gasteiger partial charge in [-0.3, -0.25) is 43.8 Å². The van der Waals surface area contributed by atoms with Crippen molar-refractivity contribution in [1.82, 2.24) is 45.4 Å². The molecule has 8 aromatic rings. The summed E-state index contributed by atoms with van der Waals surface area (Å²) >= 11 is 0. The number of morpholine rings is 5. The molecule has 5 unspecified atom stereocenters. The van der Waals surface area contributed by atoms with Gasteiger partial charge in [-0.15, -0.1) is 0 Å². The van der Waals surface area contributed by atoms with Crippen LogP contribution in [0.5, 0.6) is 40.2 Å². The average Bonchev–Trinajstić information content (AvgIpc) is 0.849. The molecule has 0 saturated carbocycles. The molecule has 1 aliphatic carbocycles. The molecule has 14 rings (SSSR count). The second-order valence-electron chi connectivity index (χ2n) is 27.1. The predicted molar refractivity (Wildman–Crippen MR) is 420 cm³/mol. The Labute approximate surface area is 645 Å². The van der Waals surface area contributed by atoms with Crippen LogP contribution in [0, 0.1) is 5.92 Å². The van der Waals surface area contributed by atoms with Gasteiger partial charge in [0.15, 0.2) is 0 Å². The van der Waals surface area contributed by atoms with E-state index in [1.54, 1.807) is 13.3 Å². The number of allylic oxidation sites excluding steroid dienone is 3. The number of para-hydroxylation sites is 4. The van der Waals surface area contributed by atoms with Crippen molar-refractivity contribution in [2.24, 2.45) is 5.92 Å². The zero-order valence-corrected chi connectivity index (χ0v) is 63.0. The van der Waals surface area contributed by atoms with Crippen molar-refractivity contribution in [3.8, 4) is 40.2 Å². The van der Waals surface area contributed by atoms with E-state index in [1.807, 2.05) is 206 Å². The van der Waals surface area contributed by atoms with Gasteiger partial charge in [-0.05, 0) is 133 Å². The number of benzene rings is 7. The fraction of sp³-hybridized carbons (Fsp3) is 0.368. The highest BCUT2D eigenvalue weighted by Crippen LogP contribution is 2.29. The molecule has 0 radical (unpaired) electrons. The Kier molecular flexibility index (Phi) is 32.7. The number of nitrogens with one attached hydrogen (secondary N) is 3. The Bertz CT molecular complexity index is 4130. The maximum absolute atomic E-state index is 12.7. The molecule has 7 aromatic carbocycles. The summed E-state index contributed by atoms with van der Waals surface area (Å²) in [4.78, 5) is 64.5. The highest BCUT2D eigenvalue weighted by molar-refractivity contribution is 5.82. The minimum Gasteiger partial charge on any atom is -0.462 e. The smallest absolute Gasteiger partial charge is 0.253 e. The maximum atomic E-state index is 12.7. The number of amides is 4. The lowest BCUT2D eigenvalue weighted by Gasteiger charge is -2.36. The monoisotopic (exact) mass is 1500 g/mol. The molecule has 23 heteroatoms. The van der Waals surface area contributed by atoms with E-state index < -0.39 is 24.4 Å². The molecule has 6 aliphatic rings. The van der Waals surface area contributed by atoms with Crippen LogP contribution < -0.4 is 34.9 Å². The van der Waals surface area contributed by atoms with Crippen LogP contribution >= 0.6 is 0 Å². The third-order valence-electron chi connectivity index (χ3n) is 18.7. The van der Waals surface area contributed by atoms with Crippen LogP contribution in [0.1, 0.15) is 35.7 Å². The fourth-order valence-corrected chi connectivity index (χ4v) is 13.1. The summed E-state index contributed by atoms with van der Waals surface area (Å²) < 4.78 is 56.7. The molecule has 6 heterocycles. The summed E-state index contributed by atoms with van der Waals surface area (Å²) in [5.74, 6) is 6.96. The van der Waals surface area contributed by atoms with Gasteiger partial charge in [0.25, 0.3) is 17.7 Å². The second kappa shape index (κ2) is 44.5. The van der Waals surface area contributed by atoms with E-state index in [2.05, 4.69) is 77.0 Å². The highest BCUT2D eigenvalue weighted by atomic mass is 16.5. The first-order chi connectivity index (χ1) is 54.0. The minimum atomic E-state index is -0.480. The van der Waals surface area contributed by atoms with Crippen molar-refractivity contribution in [3.05, 3.63) is 265 Å². The lowest BCUT2D eigenvalue weighted by molar-refractivity contribution is -0.153. The largest absolute Gasteiger partial charge is 0.462 e. The number of ether oxygens (including phenoxy) is 10. The molecule has 5 aliphatic heterocycles. The molecule has 110 heavy (non-hydrogen) atoms. The van der Waals surface area contributed by atoms with E-state index in [1.165, 1.54) is 0 Å². The van der Waals surface area contributed by atoms with E-state index in [0.29, 0.717) is 111 Å². The molecule has 4 amide bonds. The molecular formula is C87H103N9O14. The Morgan fingerprint density at radius 2 is 0.864 bits per heavy atom. The topological polar surface area (TPSA) is 226 Å². The Hall–Kier alpha value is -10.2. The van der Waals surface area contributed by atoms with Crippen LogP contribution in [0.15, 0.2) is 243 Å². The fourth-order valence-electron chi connectivity index (χ4n) is 13.1. The third kappa shape index (κ3) is 27.5. The van der Waals surface area contributed by atoms with Crippen LogP contribution in [-0.2, 0) is 73.8 Å². The first-order valence-electron chi connectivity index (χ1n) is 38.0. The number of pyridine rings is 1. The van der Waals surface area contributed by atoms with E-state index in [-0.39, 0.29) is 23.6 Å². The van der Waals surface area contributed by atoms with Gasteiger partial charge < -0.3 is 68.2 Å². The number of aromatic nitrogens is 1. The summed E-state index contributed by atoms with van der Waals surface area (Å²) in [5, 5.41) is 8.59. The van der Waals surface area contributed by atoms with Gasteiger partial charge >= 0.3 is 0 Å². The van der Waals surface area contributed by atoms with Crippen molar-refractivity contribution in [2.75, 3.05) is 138 Å². The Morgan fingerprint density at radius 1 is 0.445 bits per heavy atom. The van der Waals surface area contributed by atoms with Crippen LogP contribution in [0.4, 0.5) is 0 Å². The number of rotatable bonds is 26. The standard InChI is InChI=1S/C24H25N3O3.C22H26N2O4.C21H28N2O4.C20H24N2O3/c28-24(26-16-20-8-4-5-12-25-20)23-18-27(13-14-29-23)17-19-7-6-11-22(15-19)30-21-9-2-1-3-10-21;25-22(24-10-12-26-13-11-24)21-17-23(9-14-27-21)16-18-5-4-8-20(15-18)28-19-6-2-1-3-7-19;1-25-12-10-22-21(24)20-16-23(11-13-26-20)15-17-6-5-9-19(14-17)27-18-7-3-2-4-8-18;1-2-21-20(23)19-15-22(11-12-24-19)14-16-7-6-10-18(13-16)25-17-8-4-3-5-9-17/h1-12,15,23H,13-14,16-18H2,(H,26,28);1-8,15,21H,9-14,16-17H2;2-9,17,20H,10-16H2,1H3,(H,22,24);3-10,13,19H,2,11-12,14-15H2,1H3,(H,21,23).